The molecule has 0 saturated heterocycles. The molecular weight excluding hydrogens is 230 g/mol. The maximum Gasteiger partial charge on any atom is 0.412 e. The zero-order valence-corrected chi connectivity index (χ0v) is 11.9. The van der Waals surface area contributed by atoms with Gasteiger partial charge in [-0.05, 0) is 51.8 Å². The number of anilines is 1. The number of carbonyl (C=O) groups is 1. The summed E-state index contributed by atoms with van der Waals surface area (Å²) in [6, 6.07) is 3.78. The van der Waals surface area contributed by atoms with Crippen LogP contribution < -0.4 is 10.1 Å². The molecule has 0 fully saturated rings. The monoisotopic (exact) mass is 251 g/mol. The number of benzene rings is 1. The van der Waals surface area contributed by atoms with E-state index in [1.54, 1.807) is 7.11 Å². The lowest BCUT2D eigenvalue weighted by Gasteiger charge is -2.21. The van der Waals surface area contributed by atoms with Crippen molar-refractivity contribution < 1.29 is 14.3 Å². The SMILES string of the molecule is COc1ccc(C)c(C)c1NC(=O)OC(C)(C)C. The Kier molecular flexibility index (Phi) is 4.22. The summed E-state index contributed by atoms with van der Waals surface area (Å²) in [5.41, 5.74) is 2.20. The molecule has 100 valence electrons. The predicted molar refractivity (Wildman–Crippen MR) is 72.3 cm³/mol. The van der Waals surface area contributed by atoms with Crippen molar-refractivity contribution in [1.82, 2.24) is 0 Å². The summed E-state index contributed by atoms with van der Waals surface area (Å²) >= 11 is 0. The number of hydrogen-bond donors (Lipinski definition) is 1. The third-order valence-corrected chi connectivity index (χ3v) is 2.54. The van der Waals surface area contributed by atoms with Gasteiger partial charge in [0.25, 0.3) is 0 Å². The normalized spacial score (nSPS) is 11.0. The van der Waals surface area contributed by atoms with Crippen molar-refractivity contribution in [3.63, 3.8) is 0 Å². The maximum absolute atomic E-state index is 11.8. The zero-order chi connectivity index (χ0) is 13.9. The highest BCUT2D eigenvalue weighted by atomic mass is 16.6. The van der Waals surface area contributed by atoms with Gasteiger partial charge in [-0.2, -0.15) is 0 Å². The van der Waals surface area contributed by atoms with Gasteiger partial charge in [0.2, 0.25) is 0 Å². The molecule has 0 aliphatic carbocycles. The fraction of sp³-hybridized carbons (Fsp3) is 0.500. The van der Waals surface area contributed by atoms with E-state index in [9.17, 15) is 4.79 Å². The molecule has 1 amide bonds. The van der Waals surface area contributed by atoms with Crippen molar-refractivity contribution in [2.24, 2.45) is 0 Å². The minimum absolute atomic E-state index is 0.477. The van der Waals surface area contributed by atoms with Crippen LogP contribution >= 0.6 is 0 Å². The van der Waals surface area contributed by atoms with E-state index in [0.29, 0.717) is 11.4 Å². The molecule has 18 heavy (non-hydrogen) atoms. The predicted octanol–water partition coefficient (Wildman–Crippen LogP) is 3.66. The smallest absolute Gasteiger partial charge is 0.412 e. The third-order valence-electron chi connectivity index (χ3n) is 2.54. The summed E-state index contributed by atoms with van der Waals surface area (Å²) in [7, 11) is 1.57. The zero-order valence-electron chi connectivity index (χ0n) is 11.9. The summed E-state index contributed by atoms with van der Waals surface area (Å²) < 4.78 is 10.5. The first kappa shape index (κ1) is 14.4. The van der Waals surface area contributed by atoms with E-state index in [1.807, 2.05) is 46.8 Å². The van der Waals surface area contributed by atoms with Gasteiger partial charge in [-0.1, -0.05) is 6.07 Å². The molecule has 1 aromatic carbocycles. The van der Waals surface area contributed by atoms with Crippen LogP contribution in [0.2, 0.25) is 0 Å². The summed E-state index contributed by atoms with van der Waals surface area (Å²) in [6.07, 6.45) is -0.477. The van der Waals surface area contributed by atoms with Gasteiger partial charge in [-0.15, -0.1) is 0 Å². The van der Waals surface area contributed by atoms with Gasteiger partial charge < -0.3 is 9.47 Å². The molecule has 0 radical (unpaired) electrons. The van der Waals surface area contributed by atoms with Gasteiger partial charge in [0.1, 0.15) is 11.4 Å². The number of nitrogens with one attached hydrogen (secondary N) is 1. The van der Waals surface area contributed by atoms with Crippen LogP contribution in [0.25, 0.3) is 0 Å². The molecule has 0 unspecified atom stereocenters. The van der Waals surface area contributed by atoms with E-state index in [4.69, 9.17) is 9.47 Å². The molecule has 1 aromatic rings. The van der Waals surface area contributed by atoms with Gasteiger partial charge in [0, 0.05) is 0 Å². The van der Waals surface area contributed by atoms with Crippen LogP contribution in [0.15, 0.2) is 12.1 Å². The molecule has 0 atom stereocenters. The van der Waals surface area contributed by atoms with Gasteiger partial charge in [0.15, 0.2) is 0 Å². The minimum Gasteiger partial charge on any atom is -0.495 e. The molecule has 0 aromatic heterocycles. The number of hydrogen-bond acceptors (Lipinski definition) is 3. The van der Waals surface area contributed by atoms with Crippen molar-refractivity contribution in [2.75, 3.05) is 12.4 Å². The highest BCUT2D eigenvalue weighted by Gasteiger charge is 2.18. The number of rotatable bonds is 2. The largest absolute Gasteiger partial charge is 0.495 e. The fourth-order valence-electron chi connectivity index (χ4n) is 1.52. The lowest BCUT2D eigenvalue weighted by atomic mass is 10.1. The third kappa shape index (κ3) is 3.65. The summed E-state index contributed by atoms with van der Waals surface area (Å²) in [6.45, 7) is 9.40. The van der Waals surface area contributed by atoms with E-state index < -0.39 is 11.7 Å². The van der Waals surface area contributed by atoms with Crippen molar-refractivity contribution in [3.8, 4) is 5.75 Å². The lowest BCUT2D eigenvalue weighted by molar-refractivity contribution is 0.0635. The number of methoxy groups -OCH3 is 1. The Labute approximate surface area is 108 Å². The topological polar surface area (TPSA) is 47.6 Å². The van der Waals surface area contributed by atoms with Crippen molar-refractivity contribution >= 4 is 11.8 Å². The number of aryl methyl sites for hydroxylation is 1. The van der Waals surface area contributed by atoms with Crippen LogP contribution in [-0.4, -0.2) is 18.8 Å². The molecule has 0 spiro atoms. The maximum atomic E-state index is 11.8. The average molecular weight is 251 g/mol. The minimum atomic E-state index is -0.519. The second-order valence-corrected chi connectivity index (χ2v) is 5.21. The second kappa shape index (κ2) is 5.29. The van der Waals surface area contributed by atoms with E-state index in [-0.39, 0.29) is 0 Å². The first-order valence-corrected chi connectivity index (χ1v) is 5.89. The summed E-state index contributed by atoms with van der Waals surface area (Å²) in [5, 5.41) is 2.74. The van der Waals surface area contributed by atoms with Crippen LogP contribution in [0.1, 0.15) is 31.9 Å². The van der Waals surface area contributed by atoms with Crippen LogP contribution in [0.5, 0.6) is 5.75 Å². The Morgan fingerprint density at radius 3 is 2.33 bits per heavy atom. The van der Waals surface area contributed by atoms with Gasteiger partial charge >= 0.3 is 6.09 Å². The van der Waals surface area contributed by atoms with E-state index in [2.05, 4.69) is 5.32 Å². The molecule has 0 heterocycles. The molecule has 4 heteroatoms. The van der Waals surface area contributed by atoms with Gasteiger partial charge in [-0.25, -0.2) is 4.79 Å². The van der Waals surface area contributed by atoms with E-state index in [1.165, 1.54) is 0 Å². The molecule has 0 bridgehead atoms. The van der Waals surface area contributed by atoms with Crippen LogP contribution in [0.3, 0.4) is 0 Å². The fourth-order valence-corrected chi connectivity index (χ4v) is 1.52. The second-order valence-electron chi connectivity index (χ2n) is 5.21. The van der Waals surface area contributed by atoms with E-state index >= 15 is 0 Å². The molecule has 0 aliphatic heterocycles. The quantitative estimate of drug-likeness (QED) is 0.872. The molecule has 4 nitrogen and oxygen atoms in total. The van der Waals surface area contributed by atoms with Crippen molar-refractivity contribution in [2.45, 2.75) is 40.2 Å². The van der Waals surface area contributed by atoms with Crippen molar-refractivity contribution in [3.05, 3.63) is 23.3 Å². The van der Waals surface area contributed by atoms with Crippen LogP contribution in [0.4, 0.5) is 10.5 Å². The Morgan fingerprint density at radius 1 is 1.22 bits per heavy atom. The Bertz CT molecular complexity index is 447. The van der Waals surface area contributed by atoms with Gasteiger partial charge in [-0.3, -0.25) is 5.32 Å². The Balaban J connectivity index is 2.96. The highest BCUT2D eigenvalue weighted by Crippen LogP contribution is 2.30. The summed E-state index contributed by atoms with van der Waals surface area (Å²) in [4.78, 5) is 11.8. The molecule has 0 aliphatic rings. The average Bonchev–Trinajstić information content (AvgIpc) is 2.22. The first-order valence-electron chi connectivity index (χ1n) is 5.89. The van der Waals surface area contributed by atoms with Crippen molar-refractivity contribution in [1.29, 1.82) is 0 Å². The number of carbonyl (C=O) groups excluding carboxylic acids is 1. The lowest BCUT2D eigenvalue weighted by Crippen LogP contribution is -2.27. The number of ether oxygens (including phenoxy) is 2. The summed E-state index contributed by atoms with van der Waals surface area (Å²) in [5.74, 6) is 0.629. The molecular formula is C14H21NO3. The number of amides is 1. The van der Waals surface area contributed by atoms with E-state index in [0.717, 1.165) is 11.1 Å². The molecule has 1 rings (SSSR count). The molecule has 0 saturated carbocycles. The standard InChI is InChI=1S/C14H21NO3/c1-9-7-8-11(17-6)12(10(9)2)15-13(16)18-14(3,4)5/h7-8H,1-6H3,(H,15,16). The Hall–Kier alpha value is -1.71. The van der Waals surface area contributed by atoms with Gasteiger partial charge in [0.05, 0.1) is 12.8 Å². The van der Waals surface area contributed by atoms with Crippen LogP contribution in [-0.2, 0) is 4.74 Å². The molecule has 1 N–H and O–H groups in total. The first-order chi connectivity index (χ1) is 8.24. The highest BCUT2D eigenvalue weighted by molar-refractivity contribution is 5.88. The Morgan fingerprint density at radius 2 is 1.83 bits per heavy atom. The van der Waals surface area contributed by atoms with Crippen LogP contribution in [0, 0.1) is 13.8 Å².